The van der Waals surface area contributed by atoms with E-state index in [-0.39, 0.29) is 11.9 Å². The van der Waals surface area contributed by atoms with Gasteiger partial charge in [0.2, 0.25) is 5.91 Å². The van der Waals surface area contributed by atoms with Crippen LogP contribution in [-0.4, -0.2) is 17.7 Å². The highest BCUT2D eigenvalue weighted by atomic mass is 32.2. The van der Waals surface area contributed by atoms with Gasteiger partial charge in [0.1, 0.15) is 0 Å². The molecule has 1 unspecified atom stereocenters. The van der Waals surface area contributed by atoms with Gasteiger partial charge < -0.3 is 5.32 Å². The largest absolute Gasteiger partial charge is 0.353 e. The van der Waals surface area contributed by atoms with Gasteiger partial charge >= 0.3 is 0 Å². The summed E-state index contributed by atoms with van der Waals surface area (Å²) in [5.74, 6) is -1.34. The predicted molar refractivity (Wildman–Crippen MR) is 89.4 cm³/mol. The molecule has 2 aromatic rings. The molecule has 0 fully saturated rings. The van der Waals surface area contributed by atoms with Gasteiger partial charge in [-0.25, -0.2) is 8.78 Å². The Morgan fingerprint density at radius 1 is 1.13 bits per heavy atom. The van der Waals surface area contributed by atoms with Crippen LogP contribution in [-0.2, 0) is 11.2 Å². The molecular formula is C18H19F2NOS. The lowest BCUT2D eigenvalue weighted by Crippen LogP contribution is -2.34. The molecule has 0 radical (unpaired) electrons. The van der Waals surface area contributed by atoms with E-state index in [9.17, 15) is 13.6 Å². The summed E-state index contributed by atoms with van der Waals surface area (Å²) in [5.41, 5.74) is 0.726. The number of hydrogen-bond donors (Lipinski definition) is 1. The number of thioether (sulfide) groups is 1. The zero-order valence-corrected chi connectivity index (χ0v) is 13.7. The maximum atomic E-state index is 13.1. The lowest BCUT2D eigenvalue weighted by Gasteiger charge is -2.14. The Morgan fingerprint density at radius 3 is 2.57 bits per heavy atom. The summed E-state index contributed by atoms with van der Waals surface area (Å²) in [6.45, 7) is 1.91. The van der Waals surface area contributed by atoms with Crippen molar-refractivity contribution in [2.45, 2.75) is 30.7 Å². The highest BCUT2D eigenvalue weighted by molar-refractivity contribution is 8.00. The van der Waals surface area contributed by atoms with E-state index >= 15 is 0 Å². The molecule has 0 spiro atoms. The van der Waals surface area contributed by atoms with Crippen molar-refractivity contribution in [1.82, 2.24) is 5.32 Å². The second-order valence-corrected chi connectivity index (χ2v) is 6.41. The number of benzene rings is 2. The van der Waals surface area contributed by atoms with Crippen molar-refractivity contribution in [3.63, 3.8) is 0 Å². The minimum absolute atomic E-state index is 0.0213. The van der Waals surface area contributed by atoms with Gasteiger partial charge in [-0.2, -0.15) is 0 Å². The third-order valence-electron chi connectivity index (χ3n) is 3.37. The number of carbonyl (C=O) groups is 1. The number of halogens is 2. The third kappa shape index (κ3) is 6.02. The standard InChI is InChI=1S/C18H19F2NOS/c1-13(7-8-14-9-10-16(19)17(20)11-14)21-18(22)12-23-15-5-3-2-4-6-15/h2-6,9-11,13H,7-8,12H2,1H3,(H,21,22). The van der Waals surface area contributed by atoms with E-state index in [4.69, 9.17) is 0 Å². The van der Waals surface area contributed by atoms with Crippen LogP contribution >= 0.6 is 11.8 Å². The molecule has 1 N–H and O–H groups in total. The average Bonchev–Trinajstić information content (AvgIpc) is 2.55. The van der Waals surface area contributed by atoms with E-state index < -0.39 is 11.6 Å². The average molecular weight is 335 g/mol. The smallest absolute Gasteiger partial charge is 0.230 e. The topological polar surface area (TPSA) is 29.1 Å². The lowest BCUT2D eigenvalue weighted by molar-refractivity contribution is -0.119. The number of carbonyl (C=O) groups excluding carboxylic acids is 1. The fourth-order valence-corrected chi connectivity index (χ4v) is 2.86. The van der Waals surface area contributed by atoms with E-state index in [1.807, 2.05) is 37.3 Å². The predicted octanol–water partition coefficient (Wildman–Crippen LogP) is 4.19. The van der Waals surface area contributed by atoms with E-state index in [0.717, 1.165) is 16.5 Å². The molecule has 0 aromatic heterocycles. The fraction of sp³-hybridized carbons (Fsp3) is 0.278. The van der Waals surface area contributed by atoms with Crippen molar-refractivity contribution >= 4 is 17.7 Å². The molecule has 122 valence electrons. The molecule has 0 aliphatic carbocycles. The normalized spacial score (nSPS) is 12.0. The van der Waals surface area contributed by atoms with E-state index in [1.54, 1.807) is 6.07 Å². The molecule has 5 heteroatoms. The number of hydrogen-bond acceptors (Lipinski definition) is 2. The maximum absolute atomic E-state index is 13.1. The van der Waals surface area contributed by atoms with E-state index in [1.165, 1.54) is 17.8 Å². The van der Waals surface area contributed by atoms with Crippen molar-refractivity contribution in [2.75, 3.05) is 5.75 Å². The van der Waals surface area contributed by atoms with Crippen LogP contribution in [0.1, 0.15) is 18.9 Å². The molecule has 2 rings (SSSR count). The first kappa shape index (κ1) is 17.5. The molecule has 0 saturated carbocycles. The van der Waals surface area contributed by atoms with E-state index in [2.05, 4.69) is 5.32 Å². The van der Waals surface area contributed by atoms with Gasteiger partial charge in [0.25, 0.3) is 0 Å². The number of nitrogens with one attached hydrogen (secondary N) is 1. The van der Waals surface area contributed by atoms with Crippen molar-refractivity contribution in [3.8, 4) is 0 Å². The molecule has 0 aliphatic heterocycles. The summed E-state index contributed by atoms with van der Waals surface area (Å²) < 4.78 is 26.0. The number of rotatable bonds is 7. The van der Waals surface area contributed by atoms with Crippen LogP contribution in [0, 0.1) is 11.6 Å². The summed E-state index contributed by atoms with van der Waals surface area (Å²) in [7, 11) is 0. The van der Waals surface area contributed by atoms with Gasteiger partial charge in [-0.1, -0.05) is 24.3 Å². The van der Waals surface area contributed by atoms with Crippen molar-refractivity contribution in [3.05, 3.63) is 65.7 Å². The summed E-state index contributed by atoms with van der Waals surface area (Å²) in [6.07, 6.45) is 1.26. The van der Waals surface area contributed by atoms with Crippen molar-refractivity contribution in [1.29, 1.82) is 0 Å². The van der Waals surface area contributed by atoms with Crippen LogP contribution in [0.25, 0.3) is 0 Å². The molecular weight excluding hydrogens is 316 g/mol. The Hall–Kier alpha value is -1.88. The van der Waals surface area contributed by atoms with E-state index in [0.29, 0.717) is 18.6 Å². The minimum atomic E-state index is -0.840. The Labute approximate surface area is 139 Å². The summed E-state index contributed by atoms with van der Waals surface area (Å²) >= 11 is 1.49. The van der Waals surface area contributed by atoms with Crippen LogP contribution < -0.4 is 5.32 Å². The second-order valence-electron chi connectivity index (χ2n) is 5.36. The van der Waals surface area contributed by atoms with Gasteiger partial charge in [0.15, 0.2) is 11.6 Å². The summed E-state index contributed by atoms with van der Waals surface area (Å²) in [6, 6.07) is 13.6. The van der Waals surface area contributed by atoms with Gasteiger partial charge in [-0.05, 0) is 49.6 Å². The van der Waals surface area contributed by atoms with Gasteiger partial charge in [0.05, 0.1) is 5.75 Å². The van der Waals surface area contributed by atoms with Crippen LogP contribution in [0.5, 0.6) is 0 Å². The molecule has 0 saturated heterocycles. The van der Waals surface area contributed by atoms with Crippen molar-refractivity contribution in [2.24, 2.45) is 0 Å². The lowest BCUT2D eigenvalue weighted by atomic mass is 10.1. The Kier molecular flexibility index (Phi) is 6.59. The fourth-order valence-electron chi connectivity index (χ4n) is 2.13. The zero-order chi connectivity index (χ0) is 16.7. The molecule has 1 amide bonds. The second kappa shape index (κ2) is 8.67. The molecule has 0 heterocycles. The van der Waals surface area contributed by atoms with Crippen LogP contribution in [0.2, 0.25) is 0 Å². The van der Waals surface area contributed by atoms with Crippen LogP contribution in [0.4, 0.5) is 8.78 Å². The maximum Gasteiger partial charge on any atom is 0.230 e. The monoisotopic (exact) mass is 335 g/mol. The molecule has 2 nitrogen and oxygen atoms in total. The van der Waals surface area contributed by atoms with Gasteiger partial charge in [-0.3, -0.25) is 4.79 Å². The molecule has 0 bridgehead atoms. The van der Waals surface area contributed by atoms with Crippen LogP contribution in [0.15, 0.2) is 53.4 Å². The Morgan fingerprint density at radius 2 is 1.87 bits per heavy atom. The first-order chi connectivity index (χ1) is 11.0. The SMILES string of the molecule is CC(CCc1ccc(F)c(F)c1)NC(=O)CSc1ccccc1. The highest BCUT2D eigenvalue weighted by Gasteiger charge is 2.09. The third-order valence-corrected chi connectivity index (χ3v) is 4.38. The molecule has 23 heavy (non-hydrogen) atoms. The number of amides is 1. The first-order valence-corrected chi connectivity index (χ1v) is 8.44. The Balaban J connectivity index is 1.72. The molecule has 1 atom stereocenters. The molecule has 0 aliphatic rings. The summed E-state index contributed by atoms with van der Waals surface area (Å²) in [4.78, 5) is 12.9. The molecule has 2 aromatic carbocycles. The van der Waals surface area contributed by atoms with Crippen LogP contribution in [0.3, 0.4) is 0 Å². The number of aryl methyl sites for hydroxylation is 1. The van der Waals surface area contributed by atoms with Crippen molar-refractivity contribution < 1.29 is 13.6 Å². The Bertz CT molecular complexity index is 649. The summed E-state index contributed by atoms with van der Waals surface area (Å²) in [5, 5.41) is 2.92. The first-order valence-electron chi connectivity index (χ1n) is 7.45. The van der Waals surface area contributed by atoms with Gasteiger partial charge in [0, 0.05) is 10.9 Å². The quantitative estimate of drug-likeness (QED) is 0.769. The zero-order valence-electron chi connectivity index (χ0n) is 12.9. The highest BCUT2D eigenvalue weighted by Crippen LogP contribution is 2.16. The van der Waals surface area contributed by atoms with Gasteiger partial charge in [-0.15, -0.1) is 11.8 Å². The minimum Gasteiger partial charge on any atom is -0.353 e.